The predicted molar refractivity (Wildman–Crippen MR) is 73.3 cm³/mol. The van der Waals surface area contributed by atoms with Gasteiger partial charge in [0.2, 0.25) is 0 Å². The molecule has 0 aliphatic heterocycles. The molecule has 0 aliphatic rings. The van der Waals surface area contributed by atoms with Gasteiger partial charge in [0.25, 0.3) is 0 Å². The first kappa shape index (κ1) is 13.5. The predicted octanol–water partition coefficient (Wildman–Crippen LogP) is 3.73. The summed E-state index contributed by atoms with van der Waals surface area (Å²) in [7, 11) is 0. The topological polar surface area (TPSA) is 62.2 Å². The van der Waals surface area contributed by atoms with E-state index in [1.807, 2.05) is 0 Å². The van der Waals surface area contributed by atoms with Crippen molar-refractivity contribution in [3.63, 3.8) is 0 Å². The number of pyridine rings is 1. The zero-order valence-corrected chi connectivity index (χ0v) is 11.5. The van der Waals surface area contributed by atoms with Crippen LogP contribution in [0.1, 0.15) is 16.1 Å². The van der Waals surface area contributed by atoms with Crippen LogP contribution in [-0.4, -0.2) is 16.1 Å². The second-order valence-corrected chi connectivity index (χ2v) is 4.80. The van der Waals surface area contributed by atoms with Gasteiger partial charge >= 0.3 is 5.97 Å². The van der Waals surface area contributed by atoms with Gasteiger partial charge in [-0.15, -0.1) is 0 Å². The number of rotatable bonds is 3. The number of aromatic carboxylic acids is 1. The lowest BCUT2D eigenvalue weighted by molar-refractivity contribution is 0.0696. The summed E-state index contributed by atoms with van der Waals surface area (Å²) in [6.45, 7) is 1.69. The largest absolute Gasteiger partial charge is 0.478 e. The Morgan fingerprint density at radius 1 is 1.37 bits per heavy atom. The molecule has 2 aromatic rings. The molecule has 0 radical (unpaired) electrons. The van der Waals surface area contributed by atoms with Gasteiger partial charge in [0.05, 0.1) is 10.0 Å². The van der Waals surface area contributed by atoms with Crippen molar-refractivity contribution in [2.75, 3.05) is 5.32 Å². The van der Waals surface area contributed by atoms with Crippen molar-refractivity contribution >= 4 is 33.4 Å². The van der Waals surface area contributed by atoms with Crippen LogP contribution in [0, 0.1) is 12.7 Å². The first-order valence-electron chi connectivity index (χ1n) is 5.40. The van der Waals surface area contributed by atoms with Gasteiger partial charge in [-0.25, -0.2) is 14.2 Å². The lowest BCUT2D eigenvalue weighted by atomic mass is 10.2. The van der Waals surface area contributed by atoms with Crippen molar-refractivity contribution in [1.29, 1.82) is 0 Å². The minimum absolute atomic E-state index is 0.132. The quantitative estimate of drug-likeness (QED) is 0.902. The number of nitrogens with zero attached hydrogens (tertiary/aromatic N) is 1. The zero-order chi connectivity index (χ0) is 14.0. The molecule has 0 aliphatic carbocycles. The molecule has 1 aromatic carbocycles. The number of anilines is 2. The Balaban J connectivity index is 2.32. The lowest BCUT2D eigenvalue weighted by Crippen LogP contribution is -2.02. The fourth-order valence-electron chi connectivity index (χ4n) is 1.58. The molecule has 0 amide bonds. The van der Waals surface area contributed by atoms with Crippen LogP contribution < -0.4 is 5.32 Å². The average Bonchev–Trinajstić information content (AvgIpc) is 2.33. The number of carboxylic acids is 1. The van der Waals surface area contributed by atoms with E-state index in [9.17, 15) is 9.18 Å². The SMILES string of the molecule is Cc1cc(C(=O)O)cc(Nc2ccc(Br)c(F)c2)n1. The molecule has 0 fully saturated rings. The third kappa shape index (κ3) is 3.29. The van der Waals surface area contributed by atoms with E-state index in [1.54, 1.807) is 19.1 Å². The van der Waals surface area contributed by atoms with Crippen LogP contribution in [0.25, 0.3) is 0 Å². The summed E-state index contributed by atoms with van der Waals surface area (Å²) in [5, 5.41) is 11.8. The Morgan fingerprint density at radius 2 is 2.11 bits per heavy atom. The van der Waals surface area contributed by atoms with E-state index in [4.69, 9.17) is 5.11 Å². The van der Waals surface area contributed by atoms with Gasteiger partial charge in [0.15, 0.2) is 0 Å². The summed E-state index contributed by atoms with van der Waals surface area (Å²) in [4.78, 5) is 15.1. The Bertz CT molecular complexity index is 647. The summed E-state index contributed by atoms with van der Waals surface area (Å²) in [5.74, 6) is -1.08. The van der Waals surface area contributed by atoms with Crippen LogP contribution in [0.2, 0.25) is 0 Å². The number of hydrogen-bond acceptors (Lipinski definition) is 3. The van der Waals surface area contributed by atoms with E-state index >= 15 is 0 Å². The Labute approximate surface area is 117 Å². The highest BCUT2D eigenvalue weighted by atomic mass is 79.9. The first-order valence-corrected chi connectivity index (χ1v) is 6.19. The smallest absolute Gasteiger partial charge is 0.335 e. The highest BCUT2D eigenvalue weighted by Gasteiger charge is 2.07. The fraction of sp³-hybridized carbons (Fsp3) is 0.0769. The Morgan fingerprint density at radius 3 is 2.74 bits per heavy atom. The molecule has 19 heavy (non-hydrogen) atoms. The molecule has 6 heteroatoms. The van der Waals surface area contributed by atoms with E-state index in [0.717, 1.165) is 0 Å². The maximum absolute atomic E-state index is 13.4. The summed E-state index contributed by atoms with van der Waals surface area (Å²) in [6, 6.07) is 7.39. The summed E-state index contributed by atoms with van der Waals surface area (Å²) < 4.78 is 13.7. The molecule has 0 saturated carbocycles. The van der Waals surface area contributed by atoms with Crippen molar-refractivity contribution < 1.29 is 14.3 Å². The molecule has 2 rings (SSSR count). The van der Waals surface area contributed by atoms with Crippen LogP contribution in [0.15, 0.2) is 34.8 Å². The molecule has 0 saturated heterocycles. The van der Waals surface area contributed by atoms with Gasteiger partial charge in [0, 0.05) is 11.4 Å². The second-order valence-electron chi connectivity index (χ2n) is 3.94. The molecule has 2 N–H and O–H groups in total. The highest BCUT2D eigenvalue weighted by Crippen LogP contribution is 2.22. The van der Waals surface area contributed by atoms with Crippen LogP contribution in [0.3, 0.4) is 0 Å². The summed E-state index contributed by atoms with van der Waals surface area (Å²) >= 11 is 3.06. The summed E-state index contributed by atoms with van der Waals surface area (Å²) in [5.41, 5.74) is 1.20. The Kier molecular flexibility index (Phi) is 3.80. The number of nitrogens with one attached hydrogen (secondary N) is 1. The normalized spacial score (nSPS) is 10.3. The van der Waals surface area contributed by atoms with Crippen LogP contribution in [-0.2, 0) is 0 Å². The molecule has 1 heterocycles. The molecular formula is C13H10BrFN2O2. The molecular weight excluding hydrogens is 315 g/mol. The number of carboxylic acid groups (broad SMARTS) is 1. The van der Waals surface area contributed by atoms with E-state index < -0.39 is 11.8 Å². The molecule has 98 valence electrons. The number of halogens is 2. The standard InChI is InChI=1S/C13H10BrFN2O2/c1-7-4-8(13(18)19)5-12(16-7)17-9-2-3-10(14)11(15)6-9/h2-6H,1H3,(H,16,17)(H,18,19). The van der Waals surface area contributed by atoms with Crippen LogP contribution >= 0.6 is 15.9 Å². The molecule has 0 spiro atoms. The molecule has 0 atom stereocenters. The van der Waals surface area contributed by atoms with Crippen molar-refractivity contribution in [3.05, 3.63) is 51.9 Å². The Hall–Kier alpha value is -1.95. The van der Waals surface area contributed by atoms with Gasteiger partial charge < -0.3 is 10.4 Å². The van der Waals surface area contributed by atoms with Gasteiger partial charge in [-0.1, -0.05) is 0 Å². The van der Waals surface area contributed by atoms with Gasteiger partial charge in [-0.3, -0.25) is 0 Å². The van der Waals surface area contributed by atoms with Crippen molar-refractivity contribution in [1.82, 2.24) is 4.98 Å². The minimum atomic E-state index is -1.03. The van der Waals surface area contributed by atoms with E-state index in [1.165, 1.54) is 18.2 Å². The number of aromatic nitrogens is 1. The maximum atomic E-state index is 13.4. The molecule has 1 aromatic heterocycles. The maximum Gasteiger partial charge on any atom is 0.335 e. The van der Waals surface area contributed by atoms with Crippen LogP contribution in [0.5, 0.6) is 0 Å². The fourth-order valence-corrected chi connectivity index (χ4v) is 1.82. The van der Waals surface area contributed by atoms with Gasteiger partial charge in [0.1, 0.15) is 11.6 Å². The summed E-state index contributed by atoms with van der Waals surface area (Å²) in [6.07, 6.45) is 0. The van der Waals surface area contributed by atoms with E-state index in [2.05, 4.69) is 26.2 Å². The number of hydrogen-bond donors (Lipinski definition) is 2. The van der Waals surface area contributed by atoms with E-state index in [-0.39, 0.29) is 5.56 Å². The number of carbonyl (C=O) groups is 1. The molecule has 0 unspecified atom stereocenters. The average molecular weight is 325 g/mol. The third-order valence-electron chi connectivity index (χ3n) is 2.39. The number of benzene rings is 1. The van der Waals surface area contributed by atoms with Crippen molar-refractivity contribution in [2.45, 2.75) is 6.92 Å². The minimum Gasteiger partial charge on any atom is -0.478 e. The third-order valence-corrected chi connectivity index (χ3v) is 3.04. The van der Waals surface area contributed by atoms with Crippen molar-refractivity contribution in [3.8, 4) is 0 Å². The lowest BCUT2D eigenvalue weighted by Gasteiger charge is -2.08. The molecule has 0 bridgehead atoms. The molecule has 4 nitrogen and oxygen atoms in total. The second kappa shape index (κ2) is 5.36. The van der Waals surface area contributed by atoms with Crippen molar-refractivity contribution in [2.24, 2.45) is 0 Å². The number of aryl methyl sites for hydroxylation is 1. The monoisotopic (exact) mass is 324 g/mol. The van der Waals surface area contributed by atoms with Crippen LogP contribution in [0.4, 0.5) is 15.9 Å². The first-order chi connectivity index (χ1) is 8.95. The van der Waals surface area contributed by atoms with Gasteiger partial charge in [-0.2, -0.15) is 0 Å². The van der Waals surface area contributed by atoms with E-state index in [0.29, 0.717) is 21.7 Å². The van der Waals surface area contributed by atoms with Gasteiger partial charge in [-0.05, 0) is 53.2 Å². The zero-order valence-electron chi connectivity index (χ0n) is 9.95. The highest BCUT2D eigenvalue weighted by molar-refractivity contribution is 9.10.